The van der Waals surface area contributed by atoms with Gasteiger partial charge in [0, 0.05) is 31.5 Å². The normalized spacial score (nSPS) is 19.2. The molecule has 1 N–H and O–H groups in total. The van der Waals surface area contributed by atoms with Crippen molar-refractivity contribution in [2.24, 2.45) is 5.92 Å². The minimum absolute atomic E-state index is 0.0424. The number of hydrogen-bond acceptors (Lipinski definition) is 5. The van der Waals surface area contributed by atoms with Gasteiger partial charge in [0.25, 0.3) is 0 Å². The van der Waals surface area contributed by atoms with Crippen LogP contribution >= 0.6 is 11.3 Å². The SMILES string of the molecule is CCO[C@H](C)c1nc(CC(=O)N2CCC[C@@H](CCC(=O)O)C2)cs1. The van der Waals surface area contributed by atoms with E-state index in [0.29, 0.717) is 31.9 Å². The van der Waals surface area contributed by atoms with Crippen LogP contribution in [0.5, 0.6) is 0 Å². The highest BCUT2D eigenvalue weighted by Gasteiger charge is 2.24. The third-order valence-corrected chi connectivity index (χ3v) is 5.36. The van der Waals surface area contributed by atoms with Gasteiger partial charge in [-0.05, 0) is 39.0 Å². The molecule has 2 heterocycles. The van der Waals surface area contributed by atoms with Crippen LogP contribution in [0.2, 0.25) is 0 Å². The standard InChI is InChI=1S/C17H26N2O4S/c1-3-23-12(2)17-18-14(11-24-17)9-15(20)19-8-4-5-13(10-19)6-7-16(21)22/h11-13H,3-10H2,1-2H3,(H,21,22)/t12-,13+/m1/s1. The van der Waals surface area contributed by atoms with E-state index in [1.807, 2.05) is 24.1 Å². The number of thiazole rings is 1. The monoisotopic (exact) mass is 354 g/mol. The lowest BCUT2D eigenvalue weighted by molar-refractivity contribution is -0.137. The summed E-state index contributed by atoms with van der Waals surface area (Å²) in [5.74, 6) is -0.393. The summed E-state index contributed by atoms with van der Waals surface area (Å²) in [5, 5.41) is 11.6. The smallest absolute Gasteiger partial charge is 0.303 e. The van der Waals surface area contributed by atoms with Gasteiger partial charge in [-0.15, -0.1) is 11.3 Å². The molecule has 1 aliphatic rings. The summed E-state index contributed by atoms with van der Waals surface area (Å²) in [6.07, 6.45) is 3.03. The summed E-state index contributed by atoms with van der Waals surface area (Å²) < 4.78 is 5.53. The fourth-order valence-corrected chi connectivity index (χ4v) is 3.86. The summed E-state index contributed by atoms with van der Waals surface area (Å²) in [5.41, 5.74) is 0.791. The molecule has 6 nitrogen and oxygen atoms in total. The van der Waals surface area contributed by atoms with Crippen molar-refractivity contribution in [3.05, 3.63) is 16.1 Å². The van der Waals surface area contributed by atoms with Gasteiger partial charge >= 0.3 is 5.97 Å². The Morgan fingerprint density at radius 1 is 1.54 bits per heavy atom. The Kier molecular flexibility index (Phi) is 7.17. The molecule has 1 aromatic heterocycles. The van der Waals surface area contributed by atoms with Crippen molar-refractivity contribution < 1.29 is 19.4 Å². The molecule has 7 heteroatoms. The van der Waals surface area contributed by atoms with Crippen LogP contribution in [0, 0.1) is 5.92 Å². The average molecular weight is 354 g/mol. The van der Waals surface area contributed by atoms with Gasteiger partial charge in [0.05, 0.1) is 12.1 Å². The van der Waals surface area contributed by atoms with Crippen molar-refractivity contribution in [1.29, 1.82) is 0 Å². The number of piperidine rings is 1. The predicted molar refractivity (Wildman–Crippen MR) is 92.0 cm³/mol. The van der Waals surface area contributed by atoms with Crippen LogP contribution in [-0.4, -0.2) is 46.6 Å². The van der Waals surface area contributed by atoms with Crippen molar-refractivity contribution >= 4 is 23.2 Å². The molecule has 0 aromatic carbocycles. The second-order valence-electron chi connectivity index (χ2n) is 6.23. The summed E-state index contributed by atoms with van der Waals surface area (Å²) >= 11 is 1.53. The number of ether oxygens (including phenoxy) is 1. The minimum atomic E-state index is -0.767. The van der Waals surface area contributed by atoms with Gasteiger partial charge in [-0.2, -0.15) is 0 Å². The Morgan fingerprint density at radius 3 is 3.04 bits per heavy atom. The molecule has 1 fully saturated rings. The van der Waals surface area contributed by atoms with Crippen LogP contribution in [0.15, 0.2) is 5.38 Å². The Morgan fingerprint density at radius 2 is 2.33 bits per heavy atom. The van der Waals surface area contributed by atoms with Gasteiger partial charge in [0.1, 0.15) is 11.1 Å². The fourth-order valence-electron chi connectivity index (χ4n) is 3.03. The molecule has 0 radical (unpaired) electrons. The van der Waals surface area contributed by atoms with E-state index in [0.717, 1.165) is 30.1 Å². The molecular weight excluding hydrogens is 328 g/mol. The highest BCUT2D eigenvalue weighted by Crippen LogP contribution is 2.24. The highest BCUT2D eigenvalue weighted by atomic mass is 32.1. The number of carboxylic acid groups (broad SMARTS) is 1. The zero-order valence-electron chi connectivity index (χ0n) is 14.4. The maximum Gasteiger partial charge on any atom is 0.303 e. The summed E-state index contributed by atoms with van der Waals surface area (Å²) in [6, 6.07) is 0. The van der Waals surface area contributed by atoms with Crippen molar-refractivity contribution in [2.75, 3.05) is 19.7 Å². The molecule has 2 rings (SSSR count). The maximum atomic E-state index is 12.5. The minimum Gasteiger partial charge on any atom is -0.481 e. The summed E-state index contributed by atoms with van der Waals surface area (Å²) in [4.78, 5) is 29.6. The number of nitrogens with zero attached hydrogens (tertiary/aromatic N) is 2. The Balaban J connectivity index is 1.86. The molecule has 134 valence electrons. The molecule has 0 aliphatic carbocycles. The third kappa shape index (κ3) is 5.56. The van der Waals surface area contributed by atoms with E-state index < -0.39 is 5.97 Å². The number of carboxylic acids is 1. The Labute approximate surface area is 146 Å². The van der Waals surface area contributed by atoms with Gasteiger partial charge in [-0.3, -0.25) is 9.59 Å². The first-order valence-corrected chi connectivity index (χ1v) is 9.43. The van der Waals surface area contributed by atoms with Crippen LogP contribution in [0.3, 0.4) is 0 Å². The average Bonchev–Trinajstić information content (AvgIpc) is 3.02. The van der Waals surface area contributed by atoms with E-state index in [4.69, 9.17) is 9.84 Å². The zero-order valence-corrected chi connectivity index (χ0v) is 15.2. The van der Waals surface area contributed by atoms with E-state index >= 15 is 0 Å². The fraction of sp³-hybridized carbons (Fsp3) is 0.706. The largest absolute Gasteiger partial charge is 0.481 e. The quantitative estimate of drug-likeness (QED) is 0.776. The number of hydrogen-bond donors (Lipinski definition) is 1. The zero-order chi connectivity index (χ0) is 17.5. The predicted octanol–water partition coefficient (Wildman–Crippen LogP) is 2.89. The molecule has 24 heavy (non-hydrogen) atoms. The summed E-state index contributed by atoms with van der Waals surface area (Å²) in [7, 11) is 0. The number of carbonyl (C=O) groups is 2. The molecule has 1 aromatic rings. The second kappa shape index (κ2) is 9.13. The lowest BCUT2D eigenvalue weighted by Crippen LogP contribution is -2.40. The van der Waals surface area contributed by atoms with E-state index in [1.165, 1.54) is 11.3 Å². The first-order chi connectivity index (χ1) is 11.5. The second-order valence-corrected chi connectivity index (χ2v) is 7.12. The van der Waals surface area contributed by atoms with Gasteiger partial charge in [0.15, 0.2) is 0 Å². The van der Waals surface area contributed by atoms with Crippen molar-refractivity contribution in [3.8, 4) is 0 Å². The molecule has 0 saturated carbocycles. The highest BCUT2D eigenvalue weighted by molar-refractivity contribution is 7.09. The molecular formula is C17H26N2O4S. The number of aliphatic carboxylic acids is 1. The van der Waals surface area contributed by atoms with Crippen LogP contribution in [0.1, 0.15) is 56.3 Å². The lowest BCUT2D eigenvalue weighted by atomic mass is 9.93. The molecule has 1 saturated heterocycles. The molecule has 1 aliphatic heterocycles. The van der Waals surface area contributed by atoms with E-state index in [9.17, 15) is 9.59 Å². The molecule has 1 amide bonds. The Hall–Kier alpha value is -1.47. The number of aromatic nitrogens is 1. The first kappa shape index (κ1) is 18.9. The molecule has 0 bridgehead atoms. The lowest BCUT2D eigenvalue weighted by Gasteiger charge is -2.32. The van der Waals surface area contributed by atoms with E-state index in [2.05, 4.69) is 4.98 Å². The number of amides is 1. The number of likely N-dealkylation sites (tertiary alicyclic amines) is 1. The topological polar surface area (TPSA) is 79.7 Å². The van der Waals surface area contributed by atoms with Gasteiger partial charge in [-0.1, -0.05) is 0 Å². The number of rotatable bonds is 8. The van der Waals surface area contributed by atoms with Crippen LogP contribution < -0.4 is 0 Å². The van der Waals surface area contributed by atoms with Crippen LogP contribution in [0.4, 0.5) is 0 Å². The van der Waals surface area contributed by atoms with Gasteiger partial charge in [-0.25, -0.2) is 4.98 Å². The Bertz CT molecular complexity index is 561. The van der Waals surface area contributed by atoms with Gasteiger partial charge in [0.2, 0.25) is 5.91 Å². The van der Waals surface area contributed by atoms with Gasteiger partial charge < -0.3 is 14.7 Å². The maximum absolute atomic E-state index is 12.5. The van der Waals surface area contributed by atoms with Crippen molar-refractivity contribution in [1.82, 2.24) is 9.88 Å². The van der Waals surface area contributed by atoms with E-state index in [-0.39, 0.29) is 18.4 Å². The van der Waals surface area contributed by atoms with Crippen molar-refractivity contribution in [3.63, 3.8) is 0 Å². The molecule has 2 atom stereocenters. The van der Waals surface area contributed by atoms with Crippen molar-refractivity contribution in [2.45, 2.75) is 52.1 Å². The summed E-state index contributed by atoms with van der Waals surface area (Å²) in [6.45, 7) is 5.98. The molecule has 0 unspecified atom stereocenters. The third-order valence-electron chi connectivity index (χ3n) is 4.30. The van der Waals surface area contributed by atoms with Crippen LogP contribution in [0.25, 0.3) is 0 Å². The van der Waals surface area contributed by atoms with Crippen LogP contribution in [-0.2, 0) is 20.7 Å². The number of carbonyl (C=O) groups excluding carboxylic acids is 1. The molecule has 0 spiro atoms. The first-order valence-electron chi connectivity index (χ1n) is 8.55. The van der Waals surface area contributed by atoms with E-state index in [1.54, 1.807) is 0 Å².